The monoisotopic (exact) mass is 564 g/mol. The predicted octanol–water partition coefficient (Wildman–Crippen LogP) is 5.32. The van der Waals surface area contributed by atoms with E-state index < -0.39 is 11.8 Å². The van der Waals surface area contributed by atoms with Crippen molar-refractivity contribution in [3.8, 4) is 11.8 Å². The van der Waals surface area contributed by atoms with Crippen molar-refractivity contribution in [3.63, 3.8) is 0 Å². The molecule has 8 rings (SSSR count). The fourth-order valence-corrected chi connectivity index (χ4v) is 8.50. The van der Waals surface area contributed by atoms with Crippen LogP contribution in [0, 0.1) is 17.7 Å². The number of imidazole rings is 1. The Morgan fingerprint density at radius 2 is 2.05 bits per heavy atom. The molecule has 2 unspecified atom stereocenters. The molecule has 4 saturated carbocycles. The number of hydrogen-bond donors (Lipinski definition) is 3. The average molecular weight is 565 g/mol. The lowest BCUT2D eigenvalue weighted by molar-refractivity contribution is -0.0167. The number of carbonyl (C=O) groups is 1. The number of rotatable bonds is 8. The van der Waals surface area contributed by atoms with E-state index in [0.29, 0.717) is 41.1 Å². The second-order valence-electron chi connectivity index (χ2n) is 11.7. The van der Waals surface area contributed by atoms with Crippen LogP contribution in [-0.4, -0.2) is 41.1 Å². The molecule has 0 spiro atoms. The summed E-state index contributed by atoms with van der Waals surface area (Å²) in [6.45, 7) is 2.36. The summed E-state index contributed by atoms with van der Waals surface area (Å²) in [6, 6.07) is 5.84. The van der Waals surface area contributed by atoms with Crippen molar-refractivity contribution in [2.75, 3.05) is 5.32 Å². The Balaban J connectivity index is 1.26. The number of thiazole rings is 1. The molecule has 3 N–H and O–H groups in total. The second kappa shape index (κ2) is 9.12. The number of nitrogens with one attached hydrogen (secondary N) is 2. The first-order valence-corrected chi connectivity index (χ1v) is 14.5. The van der Waals surface area contributed by atoms with E-state index in [0.717, 1.165) is 44.3 Å². The fourth-order valence-electron chi connectivity index (χ4n) is 7.69. The maximum Gasteiger partial charge on any atom is 0.355 e. The van der Waals surface area contributed by atoms with Crippen molar-refractivity contribution in [1.29, 1.82) is 0 Å². The Kier molecular flexibility index (Phi) is 5.74. The maximum absolute atomic E-state index is 13.8. The molecule has 0 aliphatic heterocycles. The van der Waals surface area contributed by atoms with Crippen LogP contribution in [0.2, 0.25) is 0 Å². The van der Waals surface area contributed by atoms with E-state index in [1.165, 1.54) is 28.0 Å². The van der Waals surface area contributed by atoms with Gasteiger partial charge in [0.05, 0.1) is 0 Å². The zero-order chi connectivity index (χ0) is 27.6. The minimum atomic E-state index is -1.03. The molecule has 2 atom stereocenters. The Morgan fingerprint density at radius 1 is 1.25 bits per heavy atom. The Bertz CT molecular complexity index is 1680. The second-order valence-corrected chi connectivity index (χ2v) is 12.5. The number of aromatic carboxylic acids is 1. The molecule has 4 aliphatic rings. The summed E-state index contributed by atoms with van der Waals surface area (Å²) >= 11 is 1.32. The number of carboxylic acid groups (broad SMARTS) is 1. The summed E-state index contributed by atoms with van der Waals surface area (Å²) < 4.78 is 21.2. The molecule has 40 heavy (non-hydrogen) atoms. The van der Waals surface area contributed by atoms with E-state index >= 15 is 0 Å². The highest BCUT2D eigenvalue weighted by atomic mass is 32.1. The van der Waals surface area contributed by atoms with E-state index in [2.05, 4.69) is 20.3 Å². The van der Waals surface area contributed by atoms with Gasteiger partial charge in [0.15, 0.2) is 22.0 Å². The lowest BCUT2D eigenvalue weighted by Crippen LogP contribution is -2.61. The molecule has 3 heterocycles. The third-order valence-electron chi connectivity index (χ3n) is 8.69. The summed E-state index contributed by atoms with van der Waals surface area (Å²) in [6.07, 6.45) is 6.61. The normalized spacial score (nSPS) is 26.9. The summed E-state index contributed by atoms with van der Waals surface area (Å²) in [5.74, 6) is 0.551. The highest BCUT2D eigenvalue weighted by Crippen LogP contribution is 2.62. The number of H-pyrrole nitrogens is 1. The summed E-state index contributed by atoms with van der Waals surface area (Å²) in [7, 11) is 0. The van der Waals surface area contributed by atoms with Gasteiger partial charge >= 0.3 is 12.0 Å². The van der Waals surface area contributed by atoms with Gasteiger partial charge in [-0.05, 0) is 68.9 Å². The summed E-state index contributed by atoms with van der Waals surface area (Å²) in [5, 5.41) is 15.2. The number of ether oxygens (including phenoxy) is 1. The van der Waals surface area contributed by atoms with Crippen molar-refractivity contribution >= 4 is 33.6 Å². The SMILES string of the molecule is CCCn1c(Oc2cccc(F)c2)nc2nc(C34CC5CC(CC(Nc6nc(C(=O)O)cs6)(C5)C3)C4)[nH]c2c1=O. The highest BCUT2D eigenvalue weighted by Gasteiger charge is 2.59. The number of hydrogen-bond acceptors (Lipinski definition) is 8. The molecule has 0 radical (unpaired) electrons. The molecule has 4 fully saturated rings. The third-order valence-corrected chi connectivity index (χ3v) is 9.45. The van der Waals surface area contributed by atoms with Crippen LogP contribution in [0.25, 0.3) is 11.2 Å². The van der Waals surface area contributed by atoms with Crippen LogP contribution in [0.1, 0.15) is 68.2 Å². The van der Waals surface area contributed by atoms with Crippen LogP contribution in [0.5, 0.6) is 11.8 Å². The number of aromatic nitrogens is 5. The number of aromatic amines is 1. The van der Waals surface area contributed by atoms with Crippen molar-refractivity contribution in [2.24, 2.45) is 11.8 Å². The number of benzene rings is 1. The summed E-state index contributed by atoms with van der Waals surface area (Å²) in [4.78, 5) is 42.2. The van der Waals surface area contributed by atoms with Crippen LogP contribution in [0.15, 0.2) is 34.4 Å². The van der Waals surface area contributed by atoms with Crippen LogP contribution >= 0.6 is 11.3 Å². The van der Waals surface area contributed by atoms with Gasteiger partial charge in [-0.3, -0.25) is 9.36 Å². The smallest absolute Gasteiger partial charge is 0.355 e. The van der Waals surface area contributed by atoms with Crippen molar-refractivity contribution < 1.29 is 19.0 Å². The predicted molar refractivity (Wildman–Crippen MR) is 147 cm³/mol. The van der Waals surface area contributed by atoms with E-state index in [4.69, 9.17) is 9.72 Å². The van der Waals surface area contributed by atoms with E-state index in [1.54, 1.807) is 17.5 Å². The quantitative estimate of drug-likeness (QED) is 0.262. The first-order chi connectivity index (χ1) is 19.2. The third kappa shape index (κ3) is 4.16. The minimum absolute atomic E-state index is 0.0509. The molecule has 0 amide bonds. The van der Waals surface area contributed by atoms with Gasteiger partial charge in [-0.1, -0.05) is 13.0 Å². The van der Waals surface area contributed by atoms with E-state index in [-0.39, 0.29) is 34.0 Å². The molecule has 0 saturated heterocycles. The van der Waals surface area contributed by atoms with Gasteiger partial charge < -0.3 is 20.1 Å². The van der Waals surface area contributed by atoms with Gasteiger partial charge in [0.2, 0.25) is 0 Å². The largest absolute Gasteiger partial charge is 0.476 e. The van der Waals surface area contributed by atoms with Gasteiger partial charge in [-0.15, -0.1) is 11.3 Å². The first-order valence-electron chi connectivity index (χ1n) is 13.7. The Hall–Kier alpha value is -3.80. The topological polar surface area (TPSA) is 135 Å². The standard InChI is InChI=1S/C28H29FN6O4S/c1-2-6-35-22(36)20-21(33-26(35)39-18-5-3-4-17(29)8-18)32-24(31-20)27-9-15-7-16(10-27)12-28(11-15,14-27)34-25-30-19(13-40-25)23(37)38/h3-5,8,13,15-16H,2,6-7,9-12,14H2,1H3,(H,30,34)(H,31,32)(H,37,38). The average Bonchev–Trinajstić information content (AvgIpc) is 3.53. The fraction of sp³-hybridized carbons (Fsp3) is 0.464. The molecule has 10 nitrogen and oxygen atoms in total. The lowest BCUT2D eigenvalue weighted by Gasteiger charge is -2.61. The van der Waals surface area contributed by atoms with E-state index in [9.17, 15) is 19.1 Å². The minimum Gasteiger partial charge on any atom is -0.476 e. The molecule has 12 heteroatoms. The van der Waals surface area contributed by atoms with Crippen LogP contribution < -0.4 is 15.6 Å². The number of carboxylic acids is 1. The molecular weight excluding hydrogens is 535 g/mol. The van der Waals surface area contributed by atoms with Crippen LogP contribution in [0.4, 0.5) is 9.52 Å². The molecule has 4 bridgehead atoms. The number of halogens is 1. The molecular formula is C28H29FN6O4S. The molecule has 208 valence electrons. The van der Waals surface area contributed by atoms with Crippen molar-refractivity contribution in [3.05, 3.63) is 57.3 Å². The lowest BCUT2D eigenvalue weighted by atomic mass is 9.46. The first kappa shape index (κ1) is 25.2. The van der Waals surface area contributed by atoms with Crippen molar-refractivity contribution in [1.82, 2.24) is 24.5 Å². The van der Waals surface area contributed by atoms with Gasteiger partial charge in [-0.2, -0.15) is 4.98 Å². The maximum atomic E-state index is 13.8. The van der Waals surface area contributed by atoms with Crippen LogP contribution in [0.3, 0.4) is 0 Å². The summed E-state index contributed by atoms with van der Waals surface area (Å²) in [5.41, 5.74) is -0.0381. The number of anilines is 1. The number of fused-ring (bicyclic) bond motifs is 1. The van der Waals surface area contributed by atoms with Gasteiger partial charge in [0.25, 0.3) is 5.56 Å². The Morgan fingerprint density at radius 3 is 2.75 bits per heavy atom. The zero-order valence-electron chi connectivity index (χ0n) is 21.9. The van der Waals surface area contributed by atoms with E-state index in [1.807, 2.05) is 6.92 Å². The highest BCUT2D eigenvalue weighted by molar-refractivity contribution is 7.13. The van der Waals surface area contributed by atoms with Gasteiger partial charge in [0, 0.05) is 28.9 Å². The van der Waals surface area contributed by atoms with Crippen molar-refractivity contribution in [2.45, 2.75) is 69.4 Å². The number of nitrogens with zero attached hydrogens (tertiary/aromatic N) is 4. The molecule has 1 aromatic carbocycles. The Labute approximate surface area is 232 Å². The molecule has 3 aromatic heterocycles. The zero-order valence-corrected chi connectivity index (χ0v) is 22.8. The van der Waals surface area contributed by atoms with Gasteiger partial charge in [-0.25, -0.2) is 19.2 Å². The van der Waals surface area contributed by atoms with Gasteiger partial charge in [0.1, 0.15) is 17.4 Å². The molecule has 4 aliphatic carbocycles. The van der Waals surface area contributed by atoms with Crippen LogP contribution in [-0.2, 0) is 12.0 Å². The molecule has 4 aromatic rings.